The topological polar surface area (TPSA) is 92.2 Å². The molecule has 0 atom stereocenters. The number of fused-ring (bicyclic) bond motifs is 3. The number of sulfone groups is 1. The van der Waals surface area contributed by atoms with Crippen molar-refractivity contribution in [3.05, 3.63) is 53.9 Å². The van der Waals surface area contributed by atoms with Crippen LogP contribution in [0.4, 0.5) is 5.82 Å². The molecular formula is C17H15N3O3S. The van der Waals surface area contributed by atoms with E-state index in [0.717, 1.165) is 16.5 Å². The average Bonchev–Trinajstić information content (AvgIpc) is 2.89. The Labute approximate surface area is 139 Å². The smallest absolute Gasteiger partial charge is 0.179 e. The maximum absolute atomic E-state index is 12.1. The summed E-state index contributed by atoms with van der Waals surface area (Å²) in [4.78, 5) is 8.89. The number of phenols is 1. The van der Waals surface area contributed by atoms with Crippen LogP contribution in [0, 0.1) is 0 Å². The number of aromatic nitrogens is 2. The van der Waals surface area contributed by atoms with Crippen molar-refractivity contribution in [1.82, 2.24) is 9.97 Å². The lowest BCUT2D eigenvalue weighted by atomic mass is 10.1. The van der Waals surface area contributed by atoms with Gasteiger partial charge in [-0.05, 0) is 30.2 Å². The molecule has 0 bridgehead atoms. The number of phenolic OH excluding ortho intramolecular Hbond substituents is 1. The summed E-state index contributed by atoms with van der Waals surface area (Å²) < 4.78 is 24.3. The molecule has 0 radical (unpaired) electrons. The lowest BCUT2D eigenvalue weighted by Gasteiger charge is -2.11. The molecule has 2 N–H and O–H groups in total. The van der Waals surface area contributed by atoms with Crippen molar-refractivity contribution in [2.75, 3.05) is 11.1 Å². The maximum atomic E-state index is 12.1. The van der Waals surface area contributed by atoms with Crippen molar-refractivity contribution in [2.45, 2.75) is 17.9 Å². The standard InChI is InChI=1S/C17H15N3O3S/c21-14-4-2-1-3-11(14)9-18-17-16-12-7-8-24(22,23)15(12)6-5-13(16)19-10-20-17/h1-6,10,21H,7-9H2,(H,18,19,20). The molecule has 0 aliphatic carbocycles. The molecule has 0 unspecified atom stereocenters. The molecule has 1 aliphatic rings. The summed E-state index contributed by atoms with van der Waals surface area (Å²) in [5.74, 6) is 0.906. The van der Waals surface area contributed by atoms with Gasteiger partial charge in [-0.3, -0.25) is 0 Å². The number of aromatic hydroxyl groups is 1. The molecule has 1 aromatic heterocycles. The second-order valence-corrected chi connectivity index (χ2v) is 7.79. The Morgan fingerprint density at radius 3 is 2.79 bits per heavy atom. The van der Waals surface area contributed by atoms with Crippen molar-refractivity contribution in [2.24, 2.45) is 0 Å². The molecule has 4 rings (SSSR count). The van der Waals surface area contributed by atoms with E-state index in [9.17, 15) is 13.5 Å². The highest BCUT2D eigenvalue weighted by atomic mass is 32.2. The van der Waals surface area contributed by atoms with Gasteiger partial charge in [0.15, 0.2) is 9.84 Å². The highest BCUT2D eigenvalue weighted by Gasteiger charge is 2.29. The third-order valence-electron chi connectivity index (χ3n) is 4.26. The first-order valence-corrected chi connectivity index (χ1v) is 9.21. The molecule has 2 heterocycles. The Morgan fingerprint density at radius 2 is 1.96 bits per heavy atom. The number of anilines is 1. The quantitative estimate of drug-likeness (QED) is 0.759. The Kier molecular flexibility index (Phi) is 3.38. The fourth-order valence-corrected chi connectivity index (χ4v) is 4.61. The summed E-state index contributed by atoms with van der Waals surface area (Å²) >= 11 is 0. The van der Waals surface area contributed by atoms with E-state index >= 15 is 0 Å². The van der Waals surface area contributed by atoms with Gasteiger partial charge >= 0.3 is 0 Å². The van der Waals surface area contributed by atoms with Gasteiger partial charge in [-0.1, -0.05) is 18.2 Å². The molecule has 1 aliphatic heterocycles. The molecule has 7 heteroatoms. The van der Waals surface area contributed by atoms with Crippen LogP contribution in [0.5, 0.6) is 5.75 Å². The minimum absolute atomic E-state index is 0.120. The number of nitrogens with one attached hydrogen (secondary N) is 1. The first kappa shape index (κ1) is 14.9. The van der Waals surface area contributed by atoms with Gasteiger partial charge in [-0.2, -0.15) is 0 Å². The Bertz CT molecular complexity index is 1050. The van der Waals surface area contributed by atoms with E-state index in [1.54, 1.807) is 24.3 Å². The second kappa shape index (κ2) is 5.45. The fourth-order valence-electron chi connectivity index (χ4n) is 3.06. The third-order valence-corrected chi connectivity index (χ3v) is 6.06. The number of aryl methyl sites for hydroxylation is 1. The number of hydrogen-bond acceptors (Lipinski definition) is 6. The van der Waals surface area contributed by atoms with Crippen LogP contribution in [0.1, 0.15) is 11.1 Å². The Hall–Kier alpha value is -2.67. The summed E-state index contributed by atoms with van der Waals surface area (Å²) in [5, 5.41) is 13.8. The van der Waals surface area contributed by atoms with E-state index in [1.807, 2.05) is 12.1 Å². The summed E-state index contributed by atoms with van der Waals surface area (Å²) in [7, 11) is -3.21. The van der Waals surface area contributed by atoms with Crippen molar-refractivity contribution in [3.8, 4) is 5.75 Å². The highest BCUT2D eigenvalue weighted by molar-refractivity contribution is 7.91. The van der Waals surface area contributed by atoms with Crippen LogP contribution in [-0.4, -0.2) is 29.2 Å². The zero-order valence-corrected chi connectivity index (χ0v) is 13.5. The zero-order chi connectivity index (χ0) is 16.7. The molecule has 0 fully saturated rings. The van der Waals surface area contributed by atoms with Crippen molar-refractivity contribution in [1.29, 1.82) is 0 Å². The summed E-state index contributed by atoms with van der Waals surface area (Å²) in [6.45, 7) is 0.384. The molecule has 0 saturated carbocycles. The number of hydrogen-bond donors (Lipinski definition) is 2. The van der Waals surface area contributed by atoms with Gasteiger partial charge in [0, 0.05) is 17.5 Å². The van der Waals surface area contributed by atoms with E-state index in [0.29, 0.717) is 29.2 Å². The van der Waals surface area contributed by atoms with E-state index in [-0.39, 0.29) is 11.5 Å². The highest BCUT2D eigenvalue weighted by Crippen LogP contribution is 2.34. The van der Waals surface area contributed by atoms with Crippen molar-refractivity contribution < 1.29 is 13.5 Å². The second-order valence-electron chi connectivity index (χ2n) is 5.71. The molecule has 122 valence electrons. The molecule has 2 aromatic carbocycles. The van der Waals surface area contributed by atoms with Gasteiger partial charge in [0.25, 0.3) is 0 Å². The summed E-state index contributed by atoms with van der Waals surface area (Å²) in [6, 6.07) is 10.4. The van der Waals surface area contributed by atoms with Gasteiger partial charge in [0.1, 0.15) is 17.9 Å². The Morgan fingerprint density at radius 1 is 1.12 bits per heavy atom. The van der Waals surface area contributed by atoms with E-state index < -0.39 is 9.84 Å². The molecule has 3 aromatic rings. The summed E-state index contributed by atoms with van der Waals surface area (Å²) in [5.41, 5.74) is 2.22. The number of para-hydroxylation sites is 1. The van der Waals surface area contributed by atoms with E-state index in [4.69, 9.17) is 0 Å². The van der Waals surface area contributed by atoms with Crippen molar-refractivity contribution in [3.63, 3.8) is 0 Å². The van der Waals surface area contributed by atoms with Crippen LogP contribution in [0.3, 0.4) is 0 Å². The van der Waals surface area contributed by atoms with E-state index in [1.165, 1.54) is 6.33 Å². The fraction of sp³-hybridized carbons (Fsp3) is 0.176. The molecule has 0 saturated heterocycles. The van der Waals surface area contributed by atoms with Crippen LogP contribution in [0.2, 0.25) is 0 Å². The SMILES string of the molecule is O=S1(=O)CCc2c1ccc1ncnc(NCc3ccccc3O)c21. The molecule has 0 amide bonds. The molecule has 6 nitrogen and oxygen atoms in total. The van der Waals surface area contributed by atoms with Crippen LogP contribution >= 0.6 is 0 Å². The van der Waals surface area contributed by atoms with Gasteiger partial charge in [-0.25, -0.2) is 18.4 Å². The predicted molar refractivity (Wildman–Crippen MR) is 90.7 cm³/mol. The van der Waals surface area contributed by atoms with Gasteiger partial charge in [0.05, 0.1) is 16.2 Å². The minimum atomic E-state index is -3.21. The average molecular weight is 341 g/mol. The van der Waals surface area contributed by atoms with Crippen LogP contribution in [0.15, 0.2) is 47.6 Å². The third kappa shape index (κ3) is 2.37. The van der Waals surface area contributed by atoms with E-state index in [2.05, 4.69) is 15.3 Å². The normalized spacial score (nSPS) is 15.3. The lowest BCUT2D eigenvalue weighted by Crippen LogP contribution is -2.04. The van der Waals surface area contributed by atoms with Gasteiger partial charge in [0.2, 0.25) is 0 Å². The molecular weight excluding hydrogens is 326 g/mol. The monoisotopic (exact) mass is 341 g/mol. The first-order chi connectivity index (χ1) is 11.6. The predicted octanol–water partition coefficient (Wildman–Crippen LogP) is 2.28. The largest absolute Gasteiger partial charge is 0.508 e. The number of nitrogens with zero attached hydrogens (tertiary/aromatic N) is 2. The number of rotatable bonds is 3. The number of benzene rings is 2. The van der Waals surface area contributed by atoms with Crippen LogP contribution in [0.25, 0.3) is 10.9 Å². The Balaban J connectivity index is 1.79. The molecule has 0 spiro atoms. The molecule has 24 heavy (non-hydrogen) atoms. The van der Waals surface area contributed by atoms with Gasteiger partial charge in [-0.15, -0.1) is 0 Å². The van der Waals surface area contributed by atoms with Crippen molar-refractivity contribution >= 4 is 26.6 Å². The lowest BCUT2D eigenvalue weighted by molar-refractivity contribution is 0.469. The van der Waals surface area contributed by atoms with Crippen LogP contribution < -0.4 is 5.32 Å². The van der Waals surface area contributed by atoms with Gasteiger partial charge < -0.3 is 10.4 Å². The summed E-state index contributed by atoms with van der Waals surface area (Å²) in [6.07, 6.45) is 1.92. The zero-order valence-electron chi connectivity index (χ0n) is 12.7. The maximum Gasteiger partial charge on any atom is 0.179 e. The minimum Gasteiger partial charge on any atom is -0.508 e. The first-order valence-electron chi connectivity index (χ1n) is 7.56. The van der Waals surface area contributed by atoms with Crippen LogP contribution in [-0.2, 0) is 22.8 Å².